The molecule has 0 aliphatic carbocycles. The standard InChI is InChI=1S/C20H27N3O2/c1-4-11-22(12-5-2)19(24)14-18-20(25)21-10-13-23(18)15-17-8-6-16(3)7-9-17/h4-9,18H,1-2,10-15H2,3H3,(H,21,25). The summed E-state index contributed by atoms with van der Waals surface area (Å²) in [6.07, 6.45) is 3.54. The van der Waals surface area contributed by atoms with E-state index in [1.54, 1.807) is 17.1 Å². The second kappa shape index (κ2) is 9.18. The Morgan fingerprint density at radius 1 is 1.28 bits per heavy atom. The molecule has 0 bridgehead atoms. The number of amides is 2. The lowest BCUT2D eigenvalue weighted by Gasteiger charge is -2.35. The Kier molecular flexibility index (Phi) is 6.95. The molecule has 134 valence electrons. The fourth-order valence-corrected chi connectivity index (χ4v) is 2.99. The average Bonchev–Trinajstić information content (AvgIpc) is 2.59. The SMILES string of the molecule is C=CCN(CC=C)C(=O)CC1C(=O)NCCN1Cc1ccc(C)cc1. The zero-order valence-corrected chi connectivity index (χ0v) is 14.9. The van der Waals surface area contributed by atoms with Gasteiger partial charge in [-0.15, -0.1) is 13.2 Å². The molecule has 0 spiro atoms. The Morgan fingerprint density at radius 2 is 1.92 bits per heavy atom. The van der Waals surface area contributed by atoms with E-state index in [2.05, 4.69) is 47.6 Å². The smallest absolute Gasteiger partial charge is 0.237 e. The number of carbonyl (C=O) groups is 2. The third-order valence-corrected chi connectivity index (χ3v) is 4.37. The van der Waals surface area contributed by atoms with Gasteiger partial charge in [-0.05, 0) is 12.5 Å². The topological polar surface area (TPSA) is 52.7 Å². The van der Waals surface area contributed by atoms with E-state index in [4.69, 9.17) is 0 Å². The molecule has 0 aromatic heterocycles. The predicted octanol–water partition coefficient (Wildman–Crippen LogP) is 1.89. The number of aryl methyl sites for hydroxylation is 1. The van der Waals surface area contributed by atoms with Gasteiger partial charge in [0.1, 0.15) is 0 Å². The molecule has 1 unspecified atom stereocenters. The first-order valence-corrected chi connectivity index (χ1v) is 8.62. The molecule has 1 N–H and O–H groups in total. The summed E-state index contributed by atoms with van der Waals surface area (Å²) in [5.41, 5.74) is 2.35. The van der Waals surface area contributed by atoms with Gasteiger partial charge >= 0.3 is 0 Å². The maximum atomic E-state index is 12.6. The van der Waals surface area contributed by atoms with Crippen LogP contribution in [0.1, 0.15) is 17.5 Å². The van der Waals surface area contributed by atoms with Crippen LogP contribution in [-0.2, 0) is 16.1 Å². The highest BCUT2D eigenvalue weighted by Gasteiger charge is 2.32. The molecule has 1 aliphatic rings. The van der Waals surface area contributed by atoms with E-state index in [1.165, 1.54) is 5.56 Å². The third-order valence-electron chi connectivity index (χ3n) is 4.37. The molecule has 2 amide bonds. The van der Waals surface area contributed by atoms with Gasteiger partial charge in [0.05, 0.1) is 12.5 Å². The number of nitrogens with one attached hydrogen (secondary N) is 1. The lowest BCUT2D eigenvalue weighted by atomic mass is 10.1. The molecule has 1 heterocycles. The Labute approximate surface area is 150 Å². The average molecular weight is 341 g/mol. The lowest BCUT2D eigenvalue weighted by molar-refractivity contribution is -0.138. The van der Waals surface area contributed by atoms with E-state index in [0.29, 0.717) is 26.2 Å². The van der Waals surface area contributed by atoms with E-state index in [0.717, 1.165) is 12.1 Å². The van der Waals surface area contributed by atoms with Crippen LogP contribution in [0.5, 0.6) is 0 Å². The van der Waals surface area contributed by atoms with Crippen molar-refractivity contribution in [2.45, 2.75) is 25.9 Å². The second-order valence-electron chi connectivity index (χ2n) is 6.34. The molecule has 5 nitrogen and oxygen atoms in total. The van der Waals surface area contributed by atoms with E-state index < -0.39 is 6.04 Å². The molecular formula is C20H27N3O2. The van der Waals surface area contributed by atoms with Gasteiger partial charge in [-0.25, -0.2) is 0 Å². The molecule has 25 heavy (non-hydrogen) atoms. The van der Waals surface area contributed by atoms with Crippen LogP contribution in [0.3, 0.4) is 0 Å². The maximum Gasteiger partial charge on any atom is 0.237 e. The summed E-state index contributed by atoms with van der Waals surface area (Å²) in [5, 5.41) is 2.87. The van der Waals surface area contributed by atoms with Crippen molar-refractivity contribution in [3.05, 3.63) is 60.7 Å². The summed E-state index contributed by atoms with van der Waals surface area (Å²) >= 11 is 0. The Bertz CT molecular complexity index is 614. The summed E-state index contributed by atoms with van der Waals surface area (Å²) in [5.74, 6) is -0.139. The van der Waals surface area contributed by atoms with E-state index >= 15 is 0 Å². The molecule has 1 aromatic rings. The Balaban J connectivity index is 2.08. The molecule has 1 aliphatic heterocycles. The normalized spacial score (nSPS) is 17.6. The van der Waals surface area contributed by atoms with Gasteiger partial charge in [0.2, 0.25) is 11.8 Å². The number of hydrogen-bond donors (Lipinski definition) is 1. The van der Waals surface area contributed by atoms with Crippen LogP contribution in [0.4, 0.5) is 0 Å². The summed E-state index contributed by atoms with van der Waals surface area (Å²) in [6, 6.07) is 7.83. The quantitative estimate of drug-likeness (QED) is 0.735. The number of piperazine rings is 1. The minimum Gasteiger partial charge on any atom is -0.353 e. The van der Waals surface area contributed by atoms with E-state index in [1.807, 2.05) is 6.92 Å². The van der Waals surface area contributed by atoms with Crippen LogP contribution >= 0.6 is 0 Å². The van der Waals surface area contributed by atoms with Crippen molar-refractivity contribution in [2.75, 3.05) is 26.2 Å². The van der Waals surface area contributed by atoms with Crippen molar-refractivity contribution in [1.82, 2.24) is 15.1 Å². The first-order chi connectivity index (χ1) is 12.0. The minimum absolute atomic E-state index is 0.0595. The van der Waals surface area contributed by atoms with Crippen LogP contribution < -0.4 is 5.32 Å². The number of hydrogen-bond acceptors (Lipinski definition) is 3. The zero-order chi connectivity index (χ0) is 18.2. The van der Waals surface area contributed by atoms with Gasteiger partial charge in [-0.1, -0.05) is 42.0 Å². The summed E-state index contributed by atoms with van der Waals surface area (Å²) in [6.45, 7) is 12.3. The van der Waals surface area contributed by atoms with Crippen molar-refractivity contribution in [2.24, 2.45) is 0 Å². The monoisotopic (exact) mass is 341 g/mol. The van der Waals surface area contributed by atoms with Crippen LogP contribution in [0.2, 0.25) is 0 Å². The Hall–Kier alpha value is -2.40. The number of rotatable bonds is 8. The molecule has 0 radical (unpaired) electrons. The Morgan fingerprint density at radius 3 is 2.52 bits per heavy atom. The van der Waals surface area contributed by atoms with Crippen molar-refractivity contribution >= 4 is 11.8 Å². The van der Waals surface area contributed by atoms with E-state index in [9.17, 15) is 9.59 Å². The number of benzene rings is 1. The molecule has 2 rings (SSSR count). The molecular weight excluding hydrogens is 314 g/mol. The van der Waals surface area contributed by atoms with Crippen LogP contribution in [0.25, 0.3) is 0 Å². The largest absolute Gasteiger partial charge is 0.353 e. The lowest BCUT2D eigenvalue weighted by Crippen LogP contribution is -2.56. The van der Waals surface area contributed by atoms with Crippen molar-refractivity contribution in [1.29, 1.82) is 0 Å². The molecule has 5 heteroatoms. The number of carbonyl (C=O) groups excluding carboxylic acids is 2. The third kappa shape index (κ3) is 5.29. The number of nitrogens with zero attached hydrogens (tertiary/aromatic N) is 2. The molecule has 1 fully saturated rings. The van der Waals surface area contributed by atoms with Crippen molar-refractivity contribution in [3.8, 4) is 0 Å². The minimum atomic E-state index is -0.445. The molecule has 1 aromatic carbocycles. The van der Waals surface area contributed by atoms with Gasteiger partial charge in [-0.2, -0.15) is 0 Å². The highest BCUT2D eigenvalue weighted by Crippen LogP contribution is 2.15. The highest BCUT2D eigenvalue weighted by molar-refractivity contribution is 5.89. The van der Waals surface area contributed by atoms with Crippen LogP contribution in [-0.4, -0.2) is 53.8 Å². The summed E-state index contributed by atoms with van der Waals surface area (Å²) in [7, 11) is 0. The fraction of sp³-hybridized carbons (Fsp3) is 0.400. The van der Waals surface area contributed by atoms with Gasteiger partial charge in [-0.3, -0.25) is 14.5 Å². The van der Waals surface area contributed by atoms with Crippen molar-refractivity contribution < 1.29 is 9.59 Å². The zero-order valence-electron chi connectivity index (χ0n) is 14.9. The fourth-order valence-electron chi connectivity index (χ4n) is 2.99. The molecule has 0 saturated carbocycles. The summed E-state index contributed by atoms with van der Waals surface area (Å²) < 4.78 is 0. The van der Waals surface area contributed by atoms with Crippen molar-refractivity contribution in [3.63, 3.8) is 0 Å². The summed E-state index contributed by atoms with van der Waals surface area (Å²) in [4.78, 5) is 28.7. The first kappa shape index (κ1) is 18.9. The first-order valence-electron chi connectivity index (χ1n) is 8.62. The van der Waals surface area contributed by atoms with E-state index in [-0.39, 0.29) is 18.2 Å². The van der Waals surface area contributed by atoms with Gasteiger partial charge in [0.25, 0.3) is 0 Å². The second-order valence-corrected chi connectivity index (χ2v) is 6.34. The predicted molar refractivity (Wildman–Crippen MR) is 100.0 cm³/mol. The van der Waals surface area contributed by atoms with Gasteiger partial charge < -0.3 is 10.2 Å². The van der Waals surface area contributed by atoms with Gasteiger partial charge in [0, 0.05) is 32.7 Å². The van der Waals surface area contributed by atoms with Gasteiger partial charge in [0.15, 0.2) is 0 Å². The maximum absolute atomic E-state index is 12.6. The highest BCUT2D eigenvalue weighted by atomic mass is 16.2. The molecule has 1 saturated heterocycles. The van der Waals surface area contributed by atoms with Crippen LogP contribution in [0, 0.1) is 6.92 Å². The van der Waals surface area contributed by atoms with Crippen LogP contribution in [0.15, 0.2) is 49.6 Å². The molecule has 1 atom stereocenters.